The maximum atomic E-state index is 13.0. The Labute approximate surface area is 149 Å². The summed E-state index contributed by atoms with van der Waals surface area (Å²) in [7, 11) is 0. The van der Waals surface area contributed by atoms with Crippen molar-refractivity contribution in [3.63, 3.8) is 0 Å². The second kappa shape index (κ2) is 8.83. The van der Waals surface area contributed by atoms with Crippen LogP contribution in [0.5, 0.6) is 0 Å². The molecule has 4 nitrogen and oxygen atoms in total. The molecule has 1 unspecified atom stereocenters. The highest BCUT2D eigenvalue weighted by Crippen LogP contribution is 2.23. The Morgan fingerprint density at radius 3 is 2.48 bits per heavy atom. The van der Waals surface area contributed by atoms with Gasteiger partial charge in [0.05, 0.1) is 6.04 Å². The normalized spacial score (nSPS) is 24.2. The van der Waals surface area contributed by atoms with Crippen LogP contribution in [0.25, 0.3) is 0 Å². The summed E-state index contributed by atoms with van der Waals surface area (Å²) in [6.07, 6.45) is 2.85. The molecule has 2 aliphatic rings. The van der Waals surface area contributed by atoms with Crippen LogP contribution >= 0.6 is 24.8 Å². The van der Waals surface area contributed by atoms with Crippen molar-refractivity contribution in [3.05, 3.63) is 35.6 Å². The Kier molecular flexibility index (Phi) is 7.74. The lowest BCUT2D eigenvalue weighted by molar-refractivity contribution is -0.135. The lowest BCUT2D eigenvalue weighted by atomic mass is 10.1. The summed E-state index contributed by atoms with van der Waals surface area (Å²) in [5.41, 5.74) is 6.94. The number of rotatable bonds is 3. The van der Waals surface area contributed by atoms with Crippen molar-refractivity contribution in [2.75, 3.05) is 19.6 Å². The highest BCUT2D eigenvalue weighted by Gasteiger charge is 2.35. The summed E-state index contributed by atoms with van der Waals surface area (Å²) in [5.74, 6) is -0.0126. The predicted molar refractivity (Wildman–Crippen MR) is 93.5 cm³/mol. The summed E-state index contributed by atoms with van der Waals surface area (Å²) in [4.78, 5) is 16.7. The van der Waals surface area contributed by atoms with E-state index < -0.39 is 0 Å². The number of halogens is 3. The third-order valence-electron chi connectivity index (χ3n) is 4.48. The molecule has 0 spiro atoms. The zero-order chi connectivity index (χ0) is 14.8. The molecule has 0 aromatic heterocycles. The number of hydrogen-bond acceptors (Lipinski definition) is 3. The summed E-state index contributed by atoms with van der Waals surface area (Å²) in [6, 6.07) is 6.62. The molecule has 0 radical (unpaired) electrons. The Morgan fingerprint density at radius 1 is 1.17 bits per heavy atom. The minimum absolute atomic E-state index is 0. The zero-order valence-electron chi connectivity index (χ0n) is 13.0. The Bertz CT molecular complexity index is 515. The monoisotopic (exact) mass is 363 g/mol. The van der Waals surface area contributed by atoms with E-state index in [0.29, 0.717) is 13.1 Å². The summed E-state index contributed by atoms with van der Waals surface area (Å²) >= 11 is 0. The van der Waals surface area contributed by atoms with Crippen molar-refractivity contribution < 1.29 is 9.18 Å². The van der Waals surface area contributed by atoms with Gasteiger partial charge in [-0.3, -0.25) is 9.69 Å². The van der Waals surface area contributed by atoms with Gasteiger partial charge < -0.3 is 10.6 Å². The fourth-order valence-corrected chi connectivity index (χ4v) is 3.32. The van der Waals surface area contributed by atoms with Crippen LogP contribution in [0.3, 0.4) is 0 Å². The summed E-state index contributed by atoms with van der Waals surface area (Å²) in [6.45, 7) is 3.09. The molecule has 23 heavy (non-hydrogen) atoms. The van der Waals surface area contributed by atoms with Gasteiger partial charge in [0.2, 0.25) is 5.91 Å². The van der Waals surface area contributed by atoms with Crippen LogP contribution in [0, 0.1) is 5.82 Å². The number of hydrogen-bond donors (Lipinski definition) is 1. The van der Waals surface area contributed by atoms with E-state index in [1.54, 1.807) is 12.1 Å². The smallest absolute Gasteiger partial charge is 0.239 e. The van der Waals surface area contributed by atoms with Gasteiger partial charge in [-0.25, -0.2) is 4.39 Å². The van der Waals surface area contributed by atoms with Crippen LogP contribution in [0.1, 0.15) is 24.8 Å². The van der Waals surface area contributed by atoms with E-state index in [-0.39, 0.29) is 48.6 Å². The van der Waals surface area contributed by atoms with E-state index in [0.717, 1.165) is 37.9 Å². The molecule has 0 bridgehead atoms. The van der Waals surface area contributed by atoms with Crippen LogP contribution in [0.2, 0.25) is 0 Å². The molecule has 2 fully saturated rings. The van der Waals surface area contributed by atoms with Crippen LogP contribution in [0.4, 0.5) is 4.39 Å². The number of benzene rings is 1. The standard InChI is InChI=1S/C16H22FN3O.2ClH/c17-13-5-3-12(4-6-13)10-19-8-1-2-15(19)16(21)20-9-7-14(18)11-20;;/h3-6,14-15H,1-2,7-11,18H2;2*1H/t14-,15?;;/m1../s1. The minimum Gasteiger partial charge on any atom is -0.340 e. The number of nitrogens with two attached hydrogens (primary N) is 1. The average Bonchev–Trinajstić information content (AvgIpc) is 3.10. The molecule has 3 rings (SSSR count). The highest BCUT2D eigenvalue weighted by molar-refractivity contribution is 5.85. The van der Waals surface area contributed by atoms with Gasteiger partial charge in [-0.05, 0) is 43.5 Å². The molecule has 2 saturated heterocycles. The van der Waals surface area contributed by atoms with Gasteiger partial charge in [0, 0.05) is 25.7 Å². The lowest BCUT2D eigenvalue weighted by Crippen LogP contribution is -2.45. The molecule has 2 aliphatic heterocycles. The maximum Gasteiger partial charge on any atom is 0.239 e. The molecule has 2 atom stereocenters. The predicted octanol–water partition coefficient (Wildman–Crippen LogP) is 2.19. The van der Waals surface area contributed by atoms with Crippen molar-refractivity contribution in [3.8, 4) is 0 Å². The molecule has 2 N–H and O–H groups in total. The fourth-order valence-electron chi connectivity index (χ4n) is 3.32. The van der Waals surface area contributed by atoms with E-state index in [4.69, 9.17) is 5.73 Å². The van der Waals surface area contributed by atoms with Crippen molar-refractivity contribution in [1.29, 1.82) is 0 Å². The first-order valence-corrected chi connectivity index (χ1v) is 7.66. The maximum absolute atomic E-state index is 13.0. The summed E-state index contributed by atoms with van der Waals surface area (Å²) in [5, 5.41) is 0. The van der Waals surface area contributed by atoms with Crippen LogP contribution in [0.15, 0.2) is 24.3 Å². The second-order valence-electron chi connectivity index (χ2n) is 6.09. The molecule has 1 aromatic carbocycles. The first-order valence-electron chi connectivity index (χ1n) is 7.66. The third kappa shape index (κ3) is 4.80. The molecule has 0 aliphatic carbocycles. The van der Waals surface area contributed by atoms with E-state index in [1.807, 2.05) is 4.90 Å². The largest absolute Gasteiger partial charge is 0.340 e. The topological polar surface area (TPSA) is 49.6 Å². The summed E-state index contributed by atoms with van der Waals surface area (Å²) < 4.78 is 13.0. The molecular formula is C16H24Cl2FN3O. The molecule has 7 heteroatoms. The molecule has 2 heterocycles. The van der Waals surface area contributed by atoms with Gasteiger partial charge in [0.25, 0.3) is 0 Å². The van der Waals surface area contributed by atoms with Crippen molar-refractivity contribution >= 4 is 30.7 Å². The van der Waals surface area contributed by atoms with E-state index in [2.05, 4.69) is 4.90 Å². The third-order valence-corrected chi connectivity index (χ3v) is 4.48. The van der Waals surface area contributed by atoms with E-state index in [1.165, 1.54) is 12.1 Å². The van der Waals surface area contributed by atoms with Crippen LogP contribution < -0.4 is 5.73 Å². The molecule has 0 saturated carbocycles. The lowest BCUT2D eigenvalue weighted by Gasteiger charge is -2.27. The first kappa shape index (κ1) is 20.2. The van der Waals surface area contributed by atoms with E-state index in [9.17, 15) is 9.18 Å². The van der Waals surface area contributed by atoms with Crippen LogP contribution in [-0.2, 0) is 11.3 Å². The fraction of sp³-hybridized carbons (Fsp3) is 0.562. The van der Waals surface area contributed by atoms with Gasteiger partial charge >= 0.3 is 0 Å². The number of nitrogens with zero attached hydrogens (tertiary/aromatic N) is 2. The van der Waals surface area contributed by atoms with Crippen LogP contribution in [-0.4, -0.2) is 47.4 Å². The Hall–Kier alpha value is -0.880. The average molecular weight is 364 g/mol. The van der Waals surface area contributed by atoms with Gasteiger partial charge in [-0.2, -0.15) is 0 Å². The number of carbonyl (C=O) groups excluding carboxylic acids is 1. The number of amides is 1. The molecule has 1 aromatic rings. The Morgan fingerprint density at radius 2 is 1.87 bits per heavy atom. The number of likely N-dealkylation sites (tertiary alicyclic amines) is 2. The quantitative estimate of drug-likeness (QED) is 0.895. The second-order valence-corrected chi connectivity index (χ2v) is 6.09. The first-order chi connectivity index (χ1) is 10.1. The van der Waals surface area contributed by atoms with Gasteiger partial charge in [0.15, 0.2) is 0 Å². The van der Waals surface area contributed by atoms with Gasteiger partial charge in [-0.1, -0.05) is 12.1 Å². The highest BCUT2D eigenvalue weighted by atomic mass is 35.5. The molecule has 130 valence electrons. The molecular weight excluding hydrogens is 340 g/mol. The van der Waals surface area contributed by atoms with Gasteiger partial charge in [0.1, 0.15) is 5.82 Å². The van der Waals surface area contributed by atoms with Crippen molar-refractivity contribution in [1.82, 2.24) is 9.80 Å². The van der Waals surface area contributed by atoms with Gasteiger partial charge in [-0.15, -0.1) is 24.8 Å². The zero-order valence-corrected chi connectivity index (χ0v) is 14.6. The van der Waals surface area contributed by atoms with Crippen molar-refractivity contribution in [2.45, 2.75) is 37.9 Å². The number of carbonyl (C=O) groups is 1. The minimum atomic E-state index is -0.223. The Balaban J connectivity index is 0.00000132. The van der Waals surface area contributed by atoms with E-state index >= 15 is 0 Å². The van der Waals surface area contributed by atoms with Crippen molar-refractivity contribution in [2.24, 2.45) is 5.73 Å². The molecule has 1 amide bonds. The SMILES string of the molecule is Cl.Cl.N[C@@H]1CCN(C(=O)C2CCCN2Cc2ccc(F)cc2)C1.